The second-order valence-corrected chi connectivity index (χ2v) is 6.16. The van der Waals surface area contributed by atoms with Gasteiger partial charge in [-0.25, -0.2) is 18.4 Å². The van der Waals surface area contributed by atoms with Crippen molar-refractivity contribution < 1.29 is 17.9 Å². The fraction of sp³-hybridized carbons (Fsp3) is 0.889. The molecule has 0 radical (unpaired) electrons. The van der Waals surface area contributed by atoms with Gasteiger partial charge >= 0.3 is 6.09 Å². The number of hydrogen-bond donors (Lipinski definition) is 1. The fourth-order valence-corrected chi connectivity index (χ4v) is 1.42. The van der Waals surface area contributed by atoms with Crippen LogP contribution in [-0.4, -0.2) is 43.9 Å². The quantitative estimate of drug-likeness (QED) is 0.790. The van der Waals surface area contributed by atoms with E-state index >= 15 is 0 Å². The number of carbonyl (C=O) groups is 1. The van der Waals surface area contributed by atoms with Crippen molar-refractivity contribution in [3.8, 4) is 0 Å². The molecule has 0 heterocycles. The molecule has 0 aromatic heterocycles. The van der Waals surface area contributed by atoms with E-state index in [1.165, 1.54) is 4.90 Å². The molecule has 0 saturated carbocycles. The number of nitrogens with zero attached hydrogens (tertiary/aromatic N) is 1. The maximum absolute atomic E-state index is 11.6. The van der Waals surface area contributed by atoms with Gasteiger partial charge in [0.25, 0.3) is 0 Å². The van der Waals surface area contributed by atoms with Crippen LogP contribution in [-0.2, 0) is 14.8 Å². The topological polar surface area (TPSA) is 89.7 Å². The Morgan fingerprint density at radius 1 is 1.38 bits per heavy atom. The predicted molar refractivity (Wildman–Crippen MR) is 61.5 cm³/mol. The Bertz CT molecular complexity index is 332. The fourth-order valence-electron chi connectivity index (χ4n) is 0.942. The molecule has 0 unspecified atom stereocenters. The van der Waals surface area contributed by atoms with Gasteiger partial charge in [0.15, 0.2) is 0 Å². The molecule has 7 heteroatoms. The Balaban J connectivity index is 4.34. The molecule has 2 N–H and O–H groups in total. The van der Waals surface area contributed by atoms with Crippen LogP contribution in [0.4, 0.5) is 4.79 Å². The number of carbonyl (C=O) groups excluding carboxylic acids is 1. The zero-order valence-corrected chi connectivity index (χ0v) is 11.0. The van der Waals surface area contributed by atoms with Gasteiger partial charge in [-0.2, -0.15) is 0 Å². The minimum Gasteiger partial charge on any atom is -0.444 e. The highest BCUT2D eigenvalue weighted by Gasteiger charge is 2.21. The van der Waals surface area contributed by atoms with Crippen molar-refractivity contribution in [2.45, 2.75) is 33.3 Å². The molecule has 6 nitrogen and oxygen atoms in total. The molecule has 16 heavy (non-hydrogen) atoms. The van der Waals surface area contributed by atoms with Gasteiger partial charge in [0.1, 0.15) is 5.60 Å². The number of hydrogen-bond acceptors (Lipinski definition) is 4. The molecule has 96 valence electrons. The summed E-state index contributed by atoms with van der Waals surface area (Å²) in [5.74, 6) is -0.264. The Kier molecular flexibility index (Phi) is 5.21. The van der Waals surface area contributed by atoms with Crippen LogP contribution in [0.15, 0.2) is 0 Å². The van der Waals surface area contributed by atoms with Crippen molar-refractivity contribution in [1.82, 2.24) is 4.90 Å². The lowest BCUT2D eigenvalue weighted by Gasteiger charge is -2.26. The van der Waals surface area contributed by atoms with Crippen molar-refractivity contribution in [2.75, 3.05) is 18.8 Å². The number of nitrogens with two attached hydrogens (primary N) is 1. The van der Waals surface area contributed by atoms with Crippen LogP contribution in [0.3, 0.4) is 0 Å². The largest absolute Gasteiger partial charge is 0.444 e. The van der Waals surface area contributed by atoms with E-state index < -0.39 is 21.7 Å². The summed E-state index contributed by atoms with van der Waals surface area (Å²) in [6.45, 7) is 7.41. The Morgan fingerprint density at radius 2 is 1.88 bits per heavy atom. The summed E-state index contributed by atoms with van der Waals surface area (Å²) < 4.78 is 26.6. The molecule has 0 atom stereocenters. The molecule has 0 rings (SSSR count). The molecule has 0 saturated heterocycles. The van der Waals surface area contributed by atoms with Crippen LogP contribution in [0.25, 0.3) is 0 Å². The van der Waals surface area contributed by atoms with Crippen molar-refractivity contribution in [2.24, 2.45) is 5.14 Å². The molecule has 0 bridgehead atoms. The van der Waals surface area contributed by atoms with Gasteiger partial charge in [0.2, 0.25) is 10.0 Å². The van der Waals surface area contributed by atoms with E-state index in [9.17, 15) is 13.2 Å². The van der Waals surface area contributed by atoms with Gasteiger partial charge in [-0.1, -0.05) is 0 Å². The molecule has 0 fully saturated rings. The molecule has 0 aliphatic rings. The number of sulfonamides is 1. The van der Waals surface area contributed by atoms with Gasteiger partial charge in [0, 0.05) is 13.1 Å². The third-order valence-electron chi connectivity index (χ3n) is 1.68. The summed E-state index contributed by atoms with van der Waals surface area (Å²) >= 11 is 0. The Morgan fingerprint density at radius 3 is 2.19 bits per heavy atom. The van der Waals surface area contributed by atoms with Crippen LogP contribution in [0.1, 0.15) is 27.7 Å². The second kappa shape index (κ2) is 5.49. The third-order valence-corrected chi connectivity index (χ3v) is 2.43. The second-order valence-electron chi connectivity index (χ2n) is 4.43. The zero-order valence-electron chi connectivity index (χ0n) is 10.2. The highest BCUT2D eigenvalue weighted by atomic mass is 32.2. The molecule has 0 aromatic rings. The SMILES string of the molecule is CCN(CCS(N)(=O)=O)C(=O)OC(C)(C)C. The molecule has 1 amide bonds. The molecule has 0 aromatic carbocycles. The lowest BCUT2D eigenvalue weighted by atomic mass is 10.2. The number of primary sulfonamides is 1. The first kappa shape index (κ1) is 15.2. The van der Waals surface area contributed by atoms with E-state index in [-0.39, 0.29) is 12.3 Å². The lowest BCUT2D eigenvalue weighted by Crippen LogP contribution is -2.40. The van der Waals surface area contributed by atoms with E-state index in [4.69, 9.17) is 9.88 Å². The molecular weight excluding hydrogens is 232 g/mol. The maximum Gasteiger partial charge on any atom is 0.410 e. The average molecular weight is 252 g/mol. The standard InChI is InChI=1S/C9H20N2O4S/c1-5-11(6-7-16(10,13)14)8(12)15-9(2,3)4/h5-7H2,1-4H3,(H2,10,13,14). The third kappa shape index (κ3) is 7.47. The van der Waals surface area contributed by atoms with Gasteiger partial charge in [0.05, 0.1) is 5.75 Å². The van der Waals surface area contributed by atoms with Crippen LogP contribution in [0.2, 0.25) is 0 Å². The summed E-state index contributed by atoms with van der Waals surface area (Å²) in [5.41, 5.74) is -0.591. The number of amides is 1. The predicted octanol–water partition coefficient (Wildman–Crippen LogP) is 0.532. The minimum absolute atomic E-state index is 0.0459. The molecular formula is C9H20N2O4S. The van der Waals surface area contributed by atoms with E-state index in [2.05, 4.69) is 0 Å². The number of ether oxygens (including phenoxy) is 1. The summed E-state index contributed by atoms with van der Waals surface area (Å²) in [5, 5.41) is 4.86. The smallest absolute Gasteiger partial charge is 0.410 e. The van der Waals surface area contributed by atoms with Crippen molar-refractivity contribution in [1.29, 1.82) is 0 Å². The van der Waals surface area contributed by atoms with Crippen LogP contribution in [0.5, 0.6) is 0 Å². The highest BCUT2D eigenvalue weighted by molar-refractivity contribution is 7.89. The minimum atomic E-state index is -3.56. The van der Waals surface area contributed by atoms with Crippen molar-refractivity contribution in [3.63, 3.8) is 0 Å². The van der Waals surface area contributed by atoms with E-state index in [1.54, 1.807) is 27.7 Å². The van der Waals surface area contributed by atoms with Gasteiger partial charge in [-0.15, -0.1) is 0 Å². The molecule has 0 spiro atoms. The van der Waals surface area contributed by atoms with Crippen molar-refractivity contribution in [3.05, 3.63) is 0 Å². The zero-order chi connectivity index (χ0) is 13.0. The average Bonchev–Trinajstić information content (AvgIpc) is 1.99. The summed E-state index contributed by atoms with van der Waals surface area (Å²) in [7, 11) is -3.56. The van der Waals surface area contributed by atoms with E-state index in [0.717, 1.165) is 0 Å². The van der Waals surface area contributed by atoms with Gasteiger partial charge < -0.3 is 9.64 Å². The molecule has 0 aliphatic carbocycles. The Labute approximate surface area is 96.8 Å². The summed E-state index contributed by atoms with van der Waals surface area (Å²) in [6.07, 6.45) is -0.529. The summed E-state index contributed by atoms with van der Waals surface area (Å²) in [6, 6.07) is 0. The first-order chi connectivity index (χ1) is 7.05. The van der Waals surface area contributed by atoms with Crippen molar-refractivity contribution >= 4 is 16.1 Å². The van der Waals surface area contributed by atoms with Crippen LogP contribution >= 0.6 is 0 Å². The lowest BCUT2D eigenvalue weighted by molar-refractivity contribution is 0.0272. The first-order valence-corrected chi connectivity index (χ1v) is 6.75. The van der Waals surface area contributed by atoms with Crippen LogP contribution < -0.4 is 5.14 Å². The molecule has 0 aliphatic heterocycles. The van der Waals surface area contributed by atoms with E-state index in [1.807, 2.05) is 0 Å². The van der Waals surface area contributed by atoms with Gasteiger partial charge in [-0.05, 0) is 27.7 Å². The first-order valence-electron chi connectivity index (χ1n) is 5.03. The van der Waals surface area contributed by atoms with E-state index in [0.29, 0.717) is 6.54 Å². The van der Waals surface area contributed by atoms with Gasteiger partial charge in [-0.3, -0.25) is 0 Å². The monoisotopic (exact) mass is 252 g/mol. The number of rotatable bonds is 4. The summed E-state index contributed by atoms with van der Waals surface area (Å²) in [4.78, 5) is 12.9. The maximum atomic E-state index is 11.6. The highest BCUT2D eigenvalue weighted by Crippen LogP contribution is 2.09. The Hall–Kier alpha value is -0.820. The van der Waals surface area contributed by atoms with Crippen LogP contribution in [0, 0.1) is 0 Å². The normalized spacial score (nSPS) is 12.3.